The zero-order valence-corrected chi connectivity index (χ0v) is 17.0. The second kappa shape index (κ2) is 13.4. The Morgan fingerprint density at radius 3 is 2.19 bits per heavy atom. The van der Waals surface area contributed by atoms with Crippen molar-refractivity contribution in [2.45, 2.75) is 79.1 Å². The van der Waals surface area contributed by atoms with Crippen LogP contribution >= 0.6 is 17.9 Å². The summed E-state index contributed by atoms with van der Waals surface area (Å²) >= 11 is 9.84. The van der Waals surface area contributed by atoms with E-state index in [1.54, 1.807) is 0 Å². The average Bonchev–Trinajstić information content (AvgIpc) is 2.45. The zero-order valence-electron chi connectivity index (χ0n) is 14.3. The number of rotatable bonds is 14. The van der Waals surface area contributed by atoms with Crippen molar-refractivity contribution in [3.8, 4) is 0 Å². The van der Waals surface area contributed by atoms with Gasteiger partial charge in [0, 0.05) is 0 Å². The van der Waals surface area contributed by atoms with Gasteiger partial charge < -0.3 is 9.05 Å². The molecule has 0 bridgehead atoms. The summed E-state index contributed by atoms with van der Waals surface area (Å²) in [4.78, 5) is 0. The fourth-order valence-electron chi connectivity index (χ4n) is 2.20. The monoisotopic (exact) mass is 354 g/mol. The van der Waals surface area contributed by atoms with Gasteiger partial charge in [-0.05, 0) is 36.5 Å². The van der Waals surface area contributed by atoms with E-state index in [0.29, 0.717) is 25.0 Å². The topological polar surface area (TPSA) is 18.5 Å². The van der Waals surface area contributed by atoms with Gasteiger partial charge in [-0.1, -0.05) is 78.5 Å². The van der Waals surface area contributed by atoms with Crippen molar-refractivity contribution in [2.24, 2.45) is 11.8 Å². The Hall–Kier alpha value is 0.920. The highest BCUT2D eigenvalue weighted by molar-refractivity contribution is 8.60. The minimum atomic E-state index is -2.35. The van der Waals surface area contributed by atoms with Crippen LogP contribution in [0.25, 0.3) is 0 Å². The lowest BCUT2D eigenvalue weighted by Crippen LogP contribution is -2.08. The van der Waals surface area contributed by atoms with Crippen molar-refractivity contribution >= 4 is 29.7 Å². The molecule has 2 nitrogen and oxygen atoms in total. The van der Waals surface area contributed by atoms with E-state index in [2.05, 4.69) is 39.9 Å². The summed E-state index contributed by atoms with van der Waals surface area (Å²) in [7, 11) is 0. The molecule has 0 aromatic carbocycles. The van der Waals surface area contributed by atoms with Crippen molar-refractivity contribution in [1.29, 1.82) is 0 Å². The second-order valence-corrected chi connectivity index (χ2v) is 11.3. The van der Waals surface area contributed by atoms with E-state index >= 15 is 0 Å². The minimum absolute atomic E-state index is 0.589. The van der Waals surface area contributed by atoms with Crippen LogP contribution in [-0.2, 0) is 20.9 Å². The quantitative estimate of drug-likeness (QED) is 0.280. The molecule has 0 radical (unpaired) electrons. The van der Waals surface area contributed by atoms with E-state index in [1.165, 1.54) is 38.5 Å². The van der Waals surface area contributed by atoms with E-state index in [9.17, 15) is 0 Å². The molecule has 128 valence electrons. The molecular weight excluding hydrogens is 319 g/mol. The molecule has 0 aliphatic carbocycles. The first-order valence-corrected chi connectivity index (χ1v) is 12.4. The van der Waals surface area contributed by atoms with Crippen LogP contribution < -0.4 is 0 Å². The van der Waals surface area contributed by atoms with E-state index in [0.717, 1.165) is 12.8 Å². The van der Waals surface area contributed by atoms with E-state index in [1.807, 2.05) is 0 Å². The van der Waals surface area contributed by atoms with Gasteiger partial charge in [-0.2, -0.15) is 0 Å². The van der Waals surface area contributed by atoms with Crippen LogP contribution in [-0.4, -0.2) is 13.2 Å². The maximum atomic E-state index is 5.81. The molecule has 0 saturated carbocycles. The summed E-state index contributed by atoms with van der Waals surface area (Å²) in [5.41, 5.74) is -2.35. The number of hydrogen-bond donors (Lipinski definition) is 1. The molecule has 3 unspecified atom stereocenters. The van der Waals surface area contributed by atoms with Crippen LogP contribution in [0.2, 0.25) is 0 Å². The lowest BCUT2D eigenvalue weighted by Gasteiger charge is -2.21. The minimum Gasteiger partial charge on any atom is -0.322 e. The number of hydrogen-bond acceptors (Lipinski definition) is 3. The van der Waals surface area contributed by atoms with Crippen molar-refractivity contribution in [2.75, 3.05) is 13.2 Å². The van der Waals surface area contributed by atoms with Gasteiger partial charge in [-0.25, -0.2) is 0 Å². The van der Waals surface area contributed by atoms with Crippen molar-refractivity contribution in [1.82, 2.24) is 0 Å². The summed E-state index contributed by atoms with van der Waals surface area (Å²) in [6.45, 7) is 10.3. The molecule has 3 atom stereocenters. The smallest absolute Gasteiger partial charge is 0.244 e. The molecule has 0 aliphatic rings. The van der Waals surface area contributed by atoms with Crippen LogP contribution in [0.1, 0.15) is 79.1 Å². The fraction of sp³-hybridized carbons (Fsp3) is 1.00. The third-order valence-corrected chi connectivity index (χ3v) is 6.24. The molecule has 0 aromatic heterocycles. The van der Waals surface area contributed by atoms with Crippen LogP contribution in [0.3, 0.4) is 0 Å². The van der Waals surface area contributed by atoms with Crippen molar-refractivity contribution in [3.05, 3.63) is 0 Å². The highest BCUT2D eigenvalue weighted by atomic mass is 32.9. The number of unbranched alkanes of at least 4 members (excludes halogenated alkanes) is 2. The van der Waals surface area contributed by atoms with Gasteiger partial charge in [-0.3, -0.25) is 0 Å². The summed E-state index contributed by atoms with van der Waals surface area (Å²) in [6.07, 6.45) is 9.71. The molecule has 0 N–H and O–H groups in total. The molecule has 5 heteroatoms. The highest BCUT2D eigenvalue weighted by Crippen LogP contribution is 2.54. The van der Waals surface area contributed by atoms with Crippen LogP contribution in [0.5, 0.6) is 0 Å². The van der Waals surface area contributed by atoms with E-state index in [-0.39, 0.29) is 0 Å². The van der Waals surface area contributed by atoms with Crippen LogP contribution in [0.15, 0.2) is 0 Å². The third-order valence-electron chi connectivity index (χ3n) is 3.93. The third kappa shape index (κ3) is 13.1. The Morgan fingerprint density at radius 2 is 1.62 bits per heavy atom. The largest absolute Gasteiger partial charge is 0.322 e. The van der Waals surface area contributed by atoms with Gasteiger partial charge in [0.25, 0.3) is 0 Å². The first kappa shape index (κ1) is 21.9. The van der Waals surface area contributed by atoms with Gasteiger partial charge in [0.15, 0.2) is 0 Å². The van der Waals surface area contributed by atoms with Gasteiger partial charge in [0.2, 0.25) is 5.69 Å². The normalized spacial score (nSPS) is 17.4. The van der Waals surface area contributed by atoms with Crippen LogP contribution in [0.4, 0.5) is 0 Å². The molecule has 0 aliphatic heterocycles. The van der Waals surface area contributed by atoms with Crippen molar-refractivity contribution in [3.63, 3.8) is 0 Å². The van der Waals surface area contributed by atoms with E-state index < -0.39 is 5.69 Å². The highest BCUT2D eigenvalue weighted by Gasteiger charge is 2.16. The Bertz CT molecular complexity index is 287. The Kier molecular flexibility index (Phi) is 14.0. The summed E-state index contributed by atoms with van der Waals surface area (Å²) in [5.74, 6) is 1.28. The predicted molar refractivity (Wildman–Crippen MR) is 102 cm³/mol. The van der Waals surface area contributed by atoms with E-state index in [4.69, 9.17) is 20.9 Å². The van der Waals surface area contributed by atoms with Gasteiger partial charge in [-0.15, -0.1) is 0 Å². The Balaban J connectivity index is 3.88. The van der Waals surface area contributed by atoms with Gasteiger partial charge in [0.1, 0.15) is 0 Å². The fourth-order valence-corrected chi connectivity index (χ4v) is 3.86. The van der Waals surface area contributed by atoms with Crippen molar-refractivity contribution < 1.29 is 9.05 Å². The lowest BCUT2D eigenvalue weighted by atomic mass is 10.0. The zero-order chi connectivity index (χ0) is 16.1. The maximum Gasteiger partial charge on any atom is 0.244 e. The summed E-state index contributed by atoms with van der Waals surface area (Å²) in [5, 5.41) is 0. The molecule has 0 aromatic rings. The molecule has 21 heavy (non-hydrogen) atoms. The summed E-state index contributed by atoms with van der Waals surface area (Å²) in [6, 6.07) is 0. The average molecular weight is 355 g/mol. The molecule has 0 spiro atoms. The predicted octanol–water partition coefficient (Wildman–Crippen LogP) is 6.61. The first-order valence-electron chi connectivity index (χ1n) is 8.56. The Morgan fingerprint density at radius 1 is 1.00 bits per heavy atom. The lowest BCUT2D eigenvalue weighted by molar-refractivity contribution is 0.205. The molecule has 0 heterocycles. The molecular formula is C16H35O2PS2. The molecule has 0 fully saturated rings. The standard InChI is InChI=1S/C16H35O2PS2/c1-5-8-10-15(4)12-13-17-19(20,21)18-14-16(7-3)11-9-6-2/h15-16H,5-14H2,1-4H3,(H,20,21). The number of thiol groups is 1. The molecule has 0 rings (SSSR count). The second-order valence-electron chi connectivity index (χ2n) is 6.05. The summed E-state index contributed by atoms with van der Waals surface area (Å²) < 4.78 is 11.6. The maximum absolute atomic E-state index is 5.81. The Labute approximate surface area is 143 Å². The first-order chi connectivity index (χ1) is 9.95. The van der Waals surface area contributed by atoms with Gasteiger partial charge >= 0.3 is 0 Å². The van der Waals surface area contributed by atoms with Gasteiger partial charge in [0.05, 0.1) is 13.2 Å². The molecule has 0 amide bonds. The SMILES string of the molecule is CCCCC(C)CCOP(=S)(S)OCC(CC)CCCC. The molecule has 0 saturated heterocycles. The van der Waals surface area contributed by atoms with Crippen LogP contribution in [0, 0.1) is 11.8 Å².